The summed E-state index contributed by atoms with van der Waals surface area (Å²) in [6.07, 6.45) is 4.95. The molecule has 3 aromatic heterocycles. The summed E-state index contributed by atoms with van der Waals surface area (Å²) in [5.74, 6) is 1.00. The second-order valence-corrected chi connectivity index (χ2v) is 12.9. The summed E-state index contributed by atoms with van der Waals surface area (Å²) in [6, 6.07) is 15.8. The van der Waals surface area contributed by atoms with E-state index in [0.717, 1.165) is 65.6 Å². The Balaban J connectivity index is 0.00000260. The van der Waals surface area contributed by atoms with Crippen LogP contribution < -0.4 is 62.7 Å². The molecule has 0 bridgehead atoms. The molecule has 3 heterocycles. The molecule has 1 saturated carbocycles. The molecular formula is C35H43KN6O5. The number of hydrogen-bond acceptors (Lipinski definition) is 8. The molecule has 11 nitrogen and oxygen atoms in total. The zero-order valence-electron chi connectivity index (χ0n) is 29.1. The molecule has 244 valence electrons. The van der Waals surface area contributed by atoms with Gasteiger partial charge in [-0.2, -0.15) is 10.1 Å². The molecule has 5 aromatic rings. The maximum absolute atomic E-state index is 14.4. The number of benzene rings is 2. The van der Waals surface area contributed by atoms with Crippen LogP contribution in [0.2, 0.25) is 0 Å². The number of aryl methyl sites for hydroxylation is 2. The van der Waals surface area contributed by atoms with Crippen LogP contribution in [0.1, 0.15) is 89.9 Å². The number of H-pyrrole nitrogens is 1. The summed E-state index contributed by atoms with van der Waals surface area (Å²) < 4.78 is 14.7. The molecule has 47 heavy (non-hydrogen) atoms. The quantitative estimate of drug-likeness (QED) is 0.217. The number of nitrogens with one attached hydrogen (secondary N) is 1. The molecular weight excluding hydrogens is 624 g/mol. The Morgan fingerprint density at radius 2 is 1.77 bits per heavy atom. The van der Waals surface area contributed by atoms with Crippen molar-refractivity contribution in [2.75, 3.05) is 0 Å². The summed E-state index contributed by atoms with van der Waals surface area (Å²) in [5, 5.41) is 19.0. The van der Waals surface area contributed by atoms with Crippen LogP contribution in [-0.4, -0.2) is 52.2 Å². The number of hydrogen-bond donors (Lipinski definition) is 2. The number of fused-ring (bicyclic) bond motifs is 1. The van der Waals surface area contributed by atoms with Crippen molar-refractivity contribution in [2.45, 2.75) is 103 Å². The standard InChI is InChI=1S/C35H42N6O5.K.H/c1-6-9-30-29(20-23-12-14-24(15-13-23)27-10-7-8-11-28(27)31-37-34(43)46-39-31)32(42)40(33-36-22(3)38-41(30)33)25-16-18-26(19-17-25)45-21(2)35(4,5)44;;/h7-8,10-15,21,25-26,44H,6,9,16-20H2,1-5H3,(H,37,39,43);;/q;+1;-1. The third-order valence-corrected chi connectivity index (χ3v) is 9.15. The summed E-state index contributed by atoms with van der Waals surface area (Å²) >= 11 is 0. The maximum atomic E-state index is 14.4. The summed E-state index contributed by atoms with van der Waals surface area (Å²) in [6.45, 7) is 9.41. The maximum Gasteiger partial charge on any atom is 1.00 e. The predicted octanol–water partition coefficient (Wildman–Crippen LogP) is 2.53. The minimum Gasteiger partial charge on any atom is -1.00 e. The van der Waals surface area contributed by atoms with Crippen molar-refractivity contribution in [1.82, 2.24) is 29.3 Å². The van der Waals surface area contributed by atoms with E-state index in [9.17, 15) is 14.7 Å². The van der Waals surface area contributed by atoms with Crippen molar-refractivity contribution in [2.24, 2.45) is 0 Å². The molecule has 1 aliphatic rings. The van der Waals surface area contributed by atoms with E-state index in [2.05, 4.69) is 17.1 Å². The smallest absolute Gasteiger partial charge is 1.00 e. The molecule has 0 saturated heterocycles. The van der Waals surface area contributed by atoms with Gasteiger partial charge in [-0.15, -0.1) is 0 Å². The van der Waals surface area contributed by atoms with E-state index < -0.39 is 11.4 Å². The van der Waals surface area contributed by atoms with Crippen molar-refractivity contribution >= 4 is 5.78 Å². The monoisotopic (exact) mass is 666 g/mol. The van der Waals surface area contributed by atoms with Gasteiger partial charge in [0.15, 0.2) is 5.82 Å². The van der Waals surface area contributed by atoms with E-state index in [1.165, 1.54) is 0 Å². The summed E-state index contributed by atoms with van der Waals surface area (Å²) in [5.41, 5.74) is 4.34. The number of aliphatic hydroxyl groups is 1. The van der Waals surface area contributed by atoms with E-state index >= 15 is 0 Å². The Kier molecular flexibility index (Phi) is 11.2. The fraction of sp³-hybridized carbons (Fsp3) is 0.457. The van der Waals surface area contributed by atoms with Gasteiger partial charge in [0.05, 0.1) is 23.5 Å². The van der Waals surface area contributed by atoms with Crippen LogP contribution in [0.5, 0.6) is 0 Å². The minimum atomic E-state index is -0.915. The van der Waals surface area contributed by atoms with Crippen LogP contribution in [-0.2, 0) is 17.6 Å². The normalized spacial score (nSPS) is 17.5. The SMILES string of the molecule is CCCc1c(Cc2ccc(-c3ccccc3-c3noc(=O)[nH]3)cc2)c(=O)n(C2CCC(OC(C)C(C)(C)O)CC2)c2nc(C)nn12.[H-].[K+]. The largest absolute Gasteiger partial charge is 1.00 e. The second-order valence-electron chi connectivity index (χ2n) is 12.9. The van der Waals surface area contributed by atoms with E-state index in [1.54, 1.807) is 13.8 Å². The van der Waals surface area contributed by atoms with Crippen LogP contribution >= 0.6 is 0 Å². The number of ether oxygens (including phenoxy) is 1. The Morgan fingerprint density at radius 3 is 2.38 bits per heavy atom. The second kappa shape index (κ2) is 14.8. The van der Waals surface area contributed by atoms with Gasteiger partial charge in [0.1, 0.15) is 5.82 Å². The fourth-order valence-corrected chi connectivity index (χ4v) is 6.42. The van der Waals surface area contributed by atoms with Gasteiger partial charge in [0.2, 0.25) is 5.78 Å². The van der Waals surface area contributed by atoms with Gasteiger partial charge in [-0.1, -0.05) is 67.0 Å². The molecule has 2 aromatic carbocycles. The molecule has 0 amide bonds. The molecule has 0 aliphatic heterocycles. The van der Waals surface area contributed by atoms with Crippen molar-refractivity contribution < 1.29 is 67.2 Å². The van der Waals surface area contributed by atoms with Crippen LogP contribution in [0.4, 0.5) is 0 Å². The molecule has 2 N–H and O–H groups in total. The van der Waals surface area contributed by atoms with Gasteiger partial charge >= 0.3 is 57.1 Å². The van der Waals surface area contributed by atoms with E-state index in [4.69, 9.17) is 19.3 Å². The predicted molar refractivity (Wildman–Crippen MR) is 176 cm³/mol. The molecule has 0 radical (unpaired) electrons. The van der Waals surface area contributed by atoms with Gasteiger partial charge < -0.3 is 11.3 Å². The first-order valence-corrected chi connectivity index (χ1v) is 16.2. The van der Waals surface area contributed by atoms with E-state index in [1.807, 2.05) is 71.5 Å². The Morgan fingerprint density at radius 1 is 1.09 bits per heavy atom. The molecule has 1 unspecified atom stereocenters. The molecule has 1 atom stereocenters. The molecule has 1 fully saturated rings. The van der Waals surface area contributed by atoms with E-state index in [0.29, 0.717) is 30.3 Å². The fourth-order valence-electron chi connectivity index (χ4n) is 6.42. The molecule has 1 aliphatic carbocycles. The Bertz CT molecular complexity index is 1950. The first-order valence-electron chi connectivity index (χ1n) is 16.2. The zero-order valence-corrected chi connectivity index (χ0v) is 31.2. The number of rotatable bonds is 10. The van der Waals surface area contributed by atoms with E-state index in [-0.39, 0.29) is 76.6 Å². The topological polar surface area (TPSA) is 141 Å². The Labute approximate surface area is 317 Å². The van der Waals surface area contributed by atoms with Crippen LogP contribution in [0.15, 0.2) is 62.6 Å². The first-order chi connectivity index (χ1) is 22.0. The average Bonchev–Trinajstić information content (AvgIpc) is 3.64. The zero-order chi connectivity index (χ0) is 32.6. The first kappa shape index (κ1) is 35.6. The van der Waals surface area contributed by atoms with Crippen LogP contribution in [0, 0.1) is 6.92 Å². The van der Waals surface area contributed by atoms with Crippen molar-refractivity contribution in [3.05, 3.63) is 92.1 Å². The molecule has 0 spiro atoms. The third kappa shape index (κ3) is 7.64. The van der Waals surface area contributed by atoms with Gasteiger partial charge in [-0.05, 0) is 76.5 Å². The number of aromatic amines is 1. The number of nitrogens with zero attached hydrogens (tertiary/aromatic N) is 5. The van der Waals surface area contributed by atoms with Gasteiger partial charge in [0.25, 0.3) is 5.56 Å². The van der Waals surface area contributed by atoms with Crippen LogP contribution in [0.25, 0.3) is 28.3 Å². The van der Waals surface area contributed by atoms with Gasteiger partial charge in [-0.3, -0.25) is 18.9 Å². The minimum absolute atomic E-state index is 0. The van der Waals surface area contributed by atoms with Crippen molar-refractivity contribution in [1.29, 1.82) is 0 Å². The molecule has 12 heteroatoms. The third-order valence-electron chi connectivity index (χ3n) is 9.15. The number of aromatic nitrogens is 6. The molecule has 6 rings (SSSR count). The van der Waals surface area contributed by atoms with Gasteiger partial charge in [-0.25, -0.2) is 9.31 Å². The Hall–Kier alpha value is -2.71. The van der Waals surface area contributed by atoms with Crippen molar-refractivity contribution in [3.8, 4) is 22.5 Å². The van der Waals surface area contributed by atoms with Crippen LogP contribution in [0.3, 0.4) is 0 Å². The summed E-state index contributed by atoms with van der Waals surface area (Å²) in [7, 11) is 0. The van der Waals surface area contributed by atoms with Gasteiger partial charge in [0, 0.05) is 23.6 Å². The average molecular weight is 667 g/mol. The summed E-state index contributed by atoms with van der Waals surface area (Å²) in [4.78, 5) is 33.4. The van der Waals surface area contributed by atoms with Crippen molar-refractivity contribution in [3.63, 3.8) is 0 Å².